The molecule has 3 aromatic rings. The number of pyridine rings is 1. The van der Waals surface area contributed by atoms with E-state index in [-0.39, 0.29) is 11.5 Å². The number of benzene rings is 1. The fourth-order valence-electron chi connectivity index (χ4n) is 3.66. The van der Waals surface area contributed by atoms with Crippen molar-refractivity contribution >= 4 is 16.9 Å². The second-order valence-electron chi connectivity index (χ2n) is 6.67. The third-order valence-corrected chi connectivity index (χ3v) is 5.02. The summed E-state index contributed by atoms with van der Waals surface area (Å²) >= 11 is 0. The van der Waals surface area contributed by atoms with E-state index in [1.807, 2.05) is 17.7 Å². The van der Waals surface area contributed by atoms with E-state index in [4.69, 9.17) is 0 Å². The van der Waals surface area contributed by atoms with Gasteiger partial charge in [-0.25, -0.2) is 4.98 Å². The molecule has 1 aliphatic heterocycles. The molecule has 2 aromatic heterocycles. The molecule has 5 nitrogen and oxygen atoms in total. The number of hydrogen-bond acceptors (Lipinski definition) is 3. The quantitative estimate of drug-likeness (QED) is 0.689. The first-order chi connectivity index (χ1) is 12.9. The van der Waals surface area contributed by atoms with Crippen LogP contribution in [-0.4, -0.2) is 38.4 Å². The van der Waals surface area contributed by atoms with E-state index in [1.165, 1.54) is 23.1 Å². The highest BCUT2D eigenvalue weighted by Gasteiger charge is 2.38. The van der Waals surface area contributed by atoms with Crippen molar-refractivity contribution in [2.45, 2.75) is 18.5 Å². The van der Waals surface area contributed by atoms with Gasteiger partial charge in [0.15, 0.2) is 0 Å². The summed E-state index contributed by atoms with van der Waals surface area (Å²) < 4.78 is 41.6. The molecule has 1 atom stereocenters. The van der Waals surface area contributed by atoms with Gasteiger partial charge in [0.1, 0.15) is 5.82 Å². The van der Waals surface area contributed by atoms with Gasteiger partial charge in [-0.05, 0) is 24.6 Å². The standard InChI is InChI=1S/C19H17F3N4O/c1-25-16-10-23-8-6-15(16)24-17(25)12-7-9-26(11-12)18(27)13-4-2-3-5-14(13)19(20,21)22/h2-6,8,10,12H,7,9,11H2,1H3/t12-/m1/s1. The van der Waals surface area contributed by atoms with Crippen molar-refractivity contribution in [3.05, 3.63) is 59.7 Å². The molecule has 1 saturated heterocycles. The van der Waals surface area contributed by atoms with Crippen LogP contribution in [0.15, 0.2) is 42.7 Å². The molecule has 1 aliphatic rings. The molecule has 0 spiro atoms. The molecule has 0 radical (unpaired) electrons. The Labute approximate surface area is 153 Å². The molecule has 0 aliphatic carbocycles. The van der Waals surface area contributed by atoms with Crippen LogP contribution >= 0.6 is 0 Å². The summed E-state index contributed by atoms with van der Waals surface area (Å²) in [5.41, 5.74) is 0.501. The molecule has 3 heterocycles. The van der Waals surface area contributed by atoms with Gasteiger partial charge in [0.2, 0.25) is 0 Å². The highest BCUT2D eigenvalue weighted by atomic mass is 19.4. The molecule has 0 N–H and O–H groups in total. The molecule has 1 fully saturated rings. The minimum atomic E-state index is -4.56. The Morgan fingerprint density at radius 1 is 1.22 bits per heavy atom. The third kappa shape index (κ3) is 3.05. The zero-order chi connectivity index (χ0) is 19.2. The van der Waals surface area contributed by atoms with Crippen molar-refractivity contribution in [2.24, 2.45) is 7.05 Å². The van der Waals surface area contributed by atoms with Crippen molar-refractivity contribution in [3.63, 3.8) is 0 Å². The Hall–Kier alpha value is -2.90. The van der Waals surface area contributed by atoms with E-state index in [2.05, 4.69) is 9.97 Å². The fraction of sp³-hybridized carbons (Fsp3) is 0.316. The van der Waals surface area contributed by atoms with Gasteiger partial charge in [0.25, 0.3) is 5.91 Å². The first-order valence-electron chi connectivity index (χ1n) is 8.58. The topological polar surface area (TPSA) is 51.0 Å². The predicted molar refractivity (Wildman–Crippen MR) is 93.2 cm³/mol. The third-order valence-electron chi connectivity index (χ3n) is 5.02. The van der Waals surface area contributed by atoms with E-state index in [0.717, 1.165) is 22.9 Å². The minimum Gasteiger partial charge on any atom is -0.338 e. The molecular weight excluding hydrogens is 357 g/mol. The maximum atomic E-state index is 13.2. The summed E-state index contributed by atoms with van der Waals surface area (Å²) in [5.74, 6) is 0.202. The Bertz CT molecular complexity index is 1010. The monoisotopic (exact) mass is 374 g/mol. The first-order valence-corrected chi connectivity index (χ1v) is 8.58. The first kappa shape index (κ1) is 17.5. The van der Waals surface area contributed by atoms with E-state index in [1.54, 1.807) is 12.4 Å². The van der Waals surface area contributed by atoms with E-state index >= 15 is 0 Å². The van der Waals surface area contributed by atoms with Crippen molar-refractivity contribution in [1.82, 2.24) is 19.4 Å². The molecule has 1 amide bonds. The van der Waals surface area contributed by atoms with Gasteiger partial charge in [-0.3, -0.25) is 9.78 Å². The number of carbonyl (C=O) groups excluding carboxylic acids is 1. The number of amides is 1. The number of carbonyl (C=O) groups is 1. The van der Waals surface area contributed by atoms with Crippen LogP contribution in [0.3, 0.4) is 0 Å². The smallest absolute Gasteiger partial charge is 0.338 e. The normalized spacial score (nSPS) is 17.6. The number of imidazole rings is 1. The number of nitrogens with zero attached hydrogens (tertiary/aromatic N) is 4. The summed E-state index contributed by atoms with van der Waals surface area (Å²) in [6.07, 6.45) is -0.513. The lowest BCUT2D eigenvalue weighted by atomic mass is 10.1. The number of rotatable bonds is 2. The second-order valence-corrected chi connectivity index (χ2v) is 6.67. The van der Waals surface area contributed by atoms with Crippen LogP contribution in [0.4, 0.5) is 13.2 Å². The molecule has 27 heavy (non-hydrogen) atoms. The average molecular weight is 374 g/mol. The second kappa shape index (κ2) is 6.37. The van der Waals surface area contributed by atoms with Crippen LogP contribution in [0.2, 0.25) is 0 Å². The average Bonchev–Trinajstić information content (AvgIpc) is 3.26. The van der Waals surface area contributed by atoms with Crippen LogP contribution in [0.25, 0.3) is 11.0 Å². The highest BCUT2D eigenvalue weighted by Crippen LogP contribution is 2.34. The Balaban J connectivity index is 1.60. The number of aromatic nitrogens is 3. The summed E-state index contributed by atoms with van der Waals surface area (Å²) in [4.78, 5) is 22.9. The Kier molecular flexibility index (Phi) is 4.13. The molecule has 0 unspecified atom stereocenters. The molecule has 0 saturated carbocycles. The van der Waals surface area contributed by atoms with E-state index < -0.39 is 17.6 Å². The highest BCUT2D eigenvalue weighted by molar-refractivity contribution is 5.96. The predicted octanol–water partition coefficient (Wildman–Crippen LogP) is 3.62. The minimum absolute atomic E-state index is 0.0237. The summed E-state index contributed by atoms with van der Waals surface area (Å²) in [6, 6.07) is 6.74. The molecule has 1 aromatic carbocycles. The van der Waals surface area contributed by atoms with Gasteiger partial charge in [-0.2, -0.15) is 13.2 Å². The molecule has 4 rings (SSSR count). The van der Waals surface area contributed by atoms with Gasteiger partial charge in [-0.1, -0.05) is 12.1 Å². The van der Waals surface area contributed by atoms with Gasteiger partial charge >= 0.3 is 6.18 Å². The van der Waals surface area contributed by atoms with Crippen molar-refractivity contribution < 1.29 is 18.0 Å². The zero-order valence-electron chi connectivity index (χ0n) is 14.6. The SMILES string of the molecule is Cn1c([C@@H]2CCN(C(=O)c3ccccc3C(F)(F)F)C2)nc2ccncc21. The number of alkyl halides is 3. The van der Waals surface area contributed by atoms with Crippen LogP contribution in [0.1, 0.15) is 34.1 Å². The van der Waals surface area contributed by atoms with Crippen LogP contribution in [0, 0.1) is 0 Å². The number of aryl methyl sites for hydroxylation is 1. The van der Waals surface area contributed by atoms with Crippen molar-refractivity contribution in [2.75, 3.05) is 13.1 Å². The fourth-order valence-corrected chi connectivity index (χ4v) is 3.66. The summed E-state index contributed by atoms with van der Waals surface area (Å²) in [5, 5.41) is 0. The van der Waals surface area contributed by atoms with Crippen LogP contribution < -0.4 is 0 Å². The van der Waals surface area contributed by atoms with E-state index in [0.29, 0.717) is 19.5 Å². The molecule has 0 bridgehead atoms. The largest absolute Gasteiger partial charge is 0.417 e. The maximum Gasteiger partial charge on any atom is 0.417 e. The number of hydrogen-bond donors (Lipinski definition) is 0. The van der Waals surface area contributed by atoms with Crippen molar-refractivity contribution in [1.29, 1.82) is 0 Å². The lowest BCUT2D eigenvalue weighted by molar-refractivity contribution is -0.138. The lowest BCUT2D eigenvalue weighted by Gasteiger charge is -2.19. The Morgan fingerprint density at radius 3 is 2.74 bits per heavy atom. The van der Waals surface area contributed by atoms with Gasteiger partial charge in [0, 0.05) is 32.3 Å². The zero-order valence-corrected chi connectivity index (χ0v) is 14.6. The number of fused-ring (bicyclic) bond motifs is 1. The van der Waals surface area contributed by atoms with Crippen LogP contribution in [0.5, 0.6) is 0 Å². The lowest BCUT2D eigenvalue weighted by Crippen LogP contribution is -2.30. The van der Waals surface area contributed by atoms with E-state index in [9.17, 15) is 18.0 Å². The molecule has 140 valence electrons. The number of likely N-dealkylation sites (tertiary alicyclic amines) is 1. The molecule has 8 heteroatoms. The Morgan fingerprint density at radius 2 is 2.00 bits per heavy atom. The van der Waals surface area contributed by atoms with Crippen molar-refractivity contribution in [3.8, 4) is 0 Å². The number of halogens is 3. The summed E-state index contributed by atoms with van der Waals surface area (Å²) in [7, 11) is 1.88. The van der Waals surface area contributed by atoms with Crippen LogP contribution in [-0.2, 0) is 13.2 Å². The van der Waals surface area contributed by atoms with Gasteiger partial charge in [-0.15, -0.1) is 0 Å². The molecular formula is C19H17F3N4O. The van der Waals surface area contributed by atoms with Gasteiger partial charge in [0.05, 0.1) is 28.4 Å². The maximum absolute atomic E-state index is 13.2. The summed E-state index contributed by atoms with van der Waals surface area (Å²) in [6.45, 7) is 0.743. The van der Waals surface area contributed by atoms with Gasteiger partial charge < -0.3 is 9.47 Å².